The largest absolute Gasteiger partial charge is 0.456 e. The van der Waals surface area contributed by atoms with E-state index in [4.69, 9.17) is 19.4 Å². The lowest BCUT2D eigenvalue weighted by molar-refractivity contribution is 0.669. The van der Waals surface area contributed by atoms with Crippen molar-refractivity contribution in [3.63, 3.8) is 0 Å². The maximum absolute atomic E-state index is 6.57. The highest BCUT2D eigenvalue weighted by molar-refractivity contribution is 7.25. The second-order valence-corrected chi connectivity index (χ2v) is 18.6. The molecule has 5 heteroatoms. The monoisotopic (exact) mass is 883 g/mol. The summed E-state index contributed by atoms with van der Waals surface area (Å²) < 4.78 is 9.07. The molecule has 0 aliphatic rings. The molecule has 68 heavy (non-hydrogen) atoms. The summed E-state index contributed by atoms with van der Waals surface area (Å²) in [5, 5.41) is 12.2. The highest BCUT2D eigenvalue weighted by Crippen LogP contribution is 2.40. The fourth-order valence-electron chi connectivity index (χ4n) is 10.2. The Kier molecular flexibility index (Phi) is 8.73. The third-order valence-corrected chi connectivity index (χ3v) is 14.7. The highest BCUT2D eigenvalue weighted by Gasteiger charge is 2.17. The lowest BCUT2D eigenvalue weighted by Crippen LogP contribution is -2.00. The second-order valence-electron chi connectivity index (χ2n) is 17.5. The summed E-state index contributed by atoms with van der Waals surface area (Å²) in [6.07, 6.45) is 0. The summed E-state index contributed by atoms with van der Waals surface area (Å²) in [4.78, 5) is 15.2. The van der Waals surface area contributed by atoms with Crippen molar-refractivity contribution in [2.24, 2.45) is 0 Å². The Morgan fingerprint density at radius 3 is 1.32 bits per heavy atom. The van der Waals surface area contributed by atoms with E-state index >= 15 is 0 Å². The van der Waals surface area contributed by atoms with Crippen molar-refractivity contribution in [3.05, 3.63) is 224 Å². The lowest BCUT2D eigenvalue weighted by atomic mass is 9.91. The molecule has 0 aliphatic carbocycles. The van der Waals surface area contributed by atoms with E-state index in [9.17, 15) is 0 Å². The van der Waals surface area contributed by atoms with Gasteiger partial charge in [-0.15, -0.1) is 11.3 Å². The molecule has 0 radical (unpaired) electrons. The maximum Gasteiger partial charge on any atom is 0.164 e. The van der Waals surface area contributed by atoms with Crippen LogP contribution < -0.4 is 0 Å². The van der Waals surface area contributed by atoms with Crippen LogP contribution in [0.1, 0.15) is 0 Å². The highest BCUT2D eigenvalue weighted by atomic mass is 32.1. The molecule has 0 fully saturated rings. The standard InChI is InChI=1S/C63H37N3OS/c1-2-12-38(13-3-1)61-64-62(45-27-31-60-56(36-45)53-22-8-9-23-59(53)68-60)66-63(65-61)46-25-29-52-55-35-44(26-30-57(55)67-58(52)37-46)42-17-11-15-40(33-42)39-14-10-16-41(32-39)43-24-28-51-49-20-5-4-18-47(49)48-19-6-7-21-50(48)54(51)34-43/h1-37H. The summed E-state index contributed by atoms with van der Waals surface area (Å²) in [7, 11) is 0. The number of fused-ring (bicyclic) bond motifs is 12. The van der Waals surface area contributed by atoms with E-state index in [1.165, 1.54) is 74.7 Å². The molecule has 0 saturated heterocycles. The van der Waals surface area contributed by atoms with Gasteiger partial charge in [0.25, 0.3) is 0 Å². The van der Waals surface area contributed by atoms with Crippen LogP contribution in [0.5, 0.6) is 0 Å². The predicted octanol–water partition coefficient (Wildman–Crippen LogP) is 17.6. The molecule has 316 valence electrons. The zero-order valence-electron chi connectivity index (χ0n) is 36.5. The van der Waals surface area contributed by atoms with Gasteiger partial charge in [0.05, 0.1) is 0 Å². The molecule has 0 saturated carbocycles. The molecule has 0 unspecified atom stereocenters. The minimum Gasteiger partial charge on any atom is -0.456 e. The summed E-state index contributed by atoms with van der Waals surface area (Å²) in [5.74, 6) is 1.85. The molecule has 0 spiro atoms. The number of rotatable bonds is 6. The molecule has 0 atom stereocenters. The number of hydrogen-bond donors (Lipinski definition) is 0. The predicted molar refractivity (Wildman–Crippen MR) is 285 cm³/mol. The summed E-state index contributed by atoms with van der Waals surface area (Å²) in [6, 6.07) is 80.2. The Hall–Kier alpha value is -8.77. The van der Waals surface area contributed by atoms with Gasteiger partial charge in [0.1, 0.15) is 11.2 Å². The zero-order chi connectivity index (χ0) is 44.7. The minimum absolute atomic E-state index is 0.593. The molecular weight excluding hydrogens is 847 g/mol. The fraction of sp³-hybridized carbons (Fsp3) is 0. The van der Waals surface area contributed by atoms with Crippen LogP contribution >= 0.6 is 11.3 Å². The average molecular weight is 884 g/mol. The first-order valence-corrected chi connectivity index (χ1v) is 23.7. The van der Waals surface area contributed by atoms with Gasteiger partial charge in [-0.1, -0.05) is 158 Å². The van der Waals surface area contributed by atoms with E-state index in [0.717, 1.165) is 49.8 Å². The van der Waals surface area contributed by atoms with Gasteiger partial charge < -0.3 is 4.42 Å². The summed E-state index contributed by atoms with van der Waals surface area (Å²) >= 11 is 1.80. The second kappa shape index (κ2) is 15.4. The molecule has 11 aromatic carbocycles. The van der Waals surface area contributed by atoms with E-state index in [1.54, 1.807) is 11.3 Å². The third kappa shape index (κ3) is 6.39. The van der Waals surface area contributed by atoms with Crippen LogP contribution in [0.25, 0.3) is 142 Å². The van der Waals surface area contributed by atoms with Gasteiger partial charge in [-0.05, 0) is 132 Å². The number of benzene rings is 11. The van der Waals surface area contributed by atoms with Gasteiger partial charge in [0.15, 0.2) is 17.5 Å². The van der Waals surface area contributed by atoms with Crippen molar-refractivity contribution < 1.29 is 4.42 Å². The number of nitrogens with zero attached hydrogens (tertiary/aromatic N) is 3. The van der Waals surface area contributed by atoms with Crippen LogP contribution in [-0.4, -0.2) is 15.0 Å². The van der Waals surface area contributed by atoms with Gasteiger partial charge in [-0.2, -0.15) is 0 Å². The van der Waals surface area contributed by atoms with E-state index in [0.29, 0.717) is 17.5 Å². The van der Waals surface area contributed by atoms with E-state index < -0.39 is 0 Å². The molecule has 0 aliphatic heterocycles. The Morgan fingerprint density at radius 1 is 0.235 bits per heavy atom. The van der Waals surface area contributed by atoms with Crippen molar-refractivity contribution in [2.45, 2.75) is 0 Å². The van der Waals surface area contributed by atoms with Gasteiger partial charge in [0.2, 0.25) is 0 Å². The third-order valence-electron chi connectivity index (χ3n) is 13.5. The fourth-order valence-corrected chi connectivity index (χ4v) is 11.2. The molecule has 0 bridgehead atoms. The maximum atomic E-state index is 6.57. The van der Waals surface area contributed by atoms with Crippen LogP contribution in [0.15, 0.2) is 229 Å². The van der Waals surface area contributed by atoms with Crippen molar-refractivity contribution in [2.75, 3.05) is 0 Å². The van der Waals surface area contributed by atoms with E-state index in [-0.39, 0.29) is 0 Å². The van der Waals surface area contributed by atoms with Crippen LogP contribution in [0.3, 0.4) is 0 Å². The minimum atomic E-state index is 0.593. The molecule has 0 amide bonds. The van der Waals surface area contributed by atoms with Crippen molar-refractivity contribution in [1.29, 1.82) is 0 Å². The number of hydrogen-bond acceptors (Lipinski definition) is 5. The molecule has 14 aromatic rings. The molecule has 3 aromatic heterocycles. The van der Waals surface area contributed by atoms with Crippen LogP contribution in [-0.2, 0) is 0 Å². The normalized spacial score (nSPS) is 11.8. The Bertz CT molecular complexity index is 4300. The van der Waals surface area contributed by atoms with Crippen LogP contribution in [0.4, 0.5) is 0 Å². The first-order chi connectivity index (χ1) is 33.6. The average Bonchev–Trinajstić information content (AvgIpc) is 3.98. The van der Waals surface area contributed by atoms with Crippen LogP contribution in [0.2, 0.25) is 0 Å². The molecule has 14 rings (SSSR count). The van der Waals surface area contributed by atoms with Crippen molar-refractivity contribution in [1.82, 2.24) is 15.0 Å². The first kappa shape index (κ1) is 38.5. The lowest BCUT2D eigenvalue weighted by Gasteiger charge is -2.13. The van der Waals surface area contributed by atoms with E-state index in [2.05, 4.69) is 194 Å². The zero-order valence-corrected chi connectivity index (χ0v) is 37.3. The first-order valence-electron chi connectivity index (χ1n) is 22.9. The summed E-state index contributed by atoms with van der Waals surface area (Å²) in [5.41, 5.74) is 11.4. The Balaban J connectivity index is 0.809. The van der Waals surface area contributed by atoms with E-state index in [1.807, 2.05) is 30.3 Å². The van der Waals surface area contributed by atoms with Gasteiger partial charge in [-0.25, -0.2) is 15.0 Å². The smallest absolute Gasteiger partial charge is 0.164 e. The van der Waals surface area contributed by atoms with Gasteiger partial charge >= 0.3 is 0 Å². The molecule has 0 N–H and O–H groups in total. The Morgan fingerprint density at radius 2 is 0.662 bits per heavy atom. The number of aromatic nitrogens is 3. The number of furan rings is 1. The van der Waals surface area contributed by atoms with Gasteiger partial charge in [-0.3, -0.25) is 0 Å². The topological polar surface area (TPSA) is 51.8 Å². The van der Waals surface area contributed by atoms with Crippen LogP contribution in [0, 0.1) is 0 Å². The molecular formula is C63H37N3OS. The molecule has 3 heterocycles. The Labute approximate surface area is 395 Å². The quantitative estimate of drug-likeness (QED) is 0.156. The molecule has 4 nitrogen and oxygen atoms in total. The van der Waals surface area contributed by atoms with Crippen molar-refractivity contribution in [3.8, 4) is 67.5 Å². The number of thiophene rings is 1. The SMILES string of the molecule is c1ccc(-c2nc(-c3ccc4c(c3)oc3ccc(-c5cccc(-c6cccc(-c7ccc8c9ccccc9c9ccccc9c8c7)c6)c5)cc34)nc(-c3ccc4sc5ccccc5c4c3)n2)cc1. The summed E-state index contributed by atoms with van der Waals surface area (Å²) in [6.45, 7) is 0. The van der Waals surface area contributed by atoms with Gasteiger partial charge in [0, 0.05) is 47.6 Å². The van der Waals surface area contributed by atoms with Crippen molar-refractivity contribution >= 4 is 85.8 Å².